The molecule has 2 heterocycles. The van der Waals surface area contributed by atoms with Gasteiger partial charge in [-0.2, -0.15) is 0 Å². The van der Waals surface area contributed by atoms with Crippen molar-refractivity contribution >= 4 is 16.3 Å². The van der Waals surface area contributed by atoms with Gasteiger partial charge in [-0.25, -0.2) is 0 Å². The van der Waals surface area contributed by atoms with E-state index >= 15 is 0 Å². The third kappa shape index (κ3) is 1.98. The van der Waals surface area contributed by atoms with Crippen molar-refractivity contribution in [2.75, 3.05) is 18.8 Å². The van der Waals surface area contributed by atoms with Crippen molar-refractivity contribution in [2.24, 2.45) is 0 Å². The third-order valence-corrected chi connectivity index (χ3v) is 4.41. The summed E-state index contributed by atoms with van der Waals surface area (Å²) in [4.78, 5) is 3.99. The van der Waals surface area contributed by atoms with Crippen LogP contribution in [0.2, 0.25) is 0 Å². The summed E-state index contributed by atoms with van der Waals surface area (Å²) in [5, 5.41) is 1.04. The zero-order valence-electron chi connectivity index (χ0n) is 10.8. The van der Waals surface area contributed by atoms with Gasteiger partial charge in [-0.05, 0) is 29.5 Å². The number of fused-ring (bicyclic) bond motifs is 1. The van der Waals surface area contributed by atoms with E-state index in [1.165, 1.54) is 23.4 Å². The first kappa shape index (κ1) is 11.9. The molecule has 0 aromatic carbocycles. The molecule has 2 rings (SSSR count). The maximum absolute atomic E-state index is 6.19. The highest BCUT2D eigenvalue weighted by molar-refractivity contribution is 7.16. The SMILES string of the molecule is CCN1CCc2c(sc(N)c2C(C)(C)C)C1. The van der Waals surface area contributed by atoms with E-state index in [-0.39, 0.29) is 5.41 Å². The van der Waals surface area contributed by atoms with Crippen LogP contribution in [-0.4, -0.2) is 18.0 Å². The minimum atomic E-state index is 0.183. The Morgan fingerprint density at radius 3 is 2.62 bits per heavy atom. The molecule has 1 aromatic rings. The molecule has 0 radical (unpaired) electrons. The summed E-state index contributed by atoms with van der Waals surface area (Å²) in [5.74, 6) is 0. The number of hydrogen-bond donors (Lipinski definition) is 1. The molecule has 16 heavy (non-hydrogen) atoms. The quantitative estimate of drug-likeness (QED) is 0.815. The van der Waals surface area contributed by atoms with Crippen molar-refractivity contribution in [1.82, 2.24) is 4.90 Å². The molecule has 0 atom stereocenters. The lowest BCUT2D eigenvalue weighted by molar-refractivity contribution is 0.270. The molecule has 1 aliphatic heterocycles. The van der Waals surface area contributed by atoms with E-state index in [9.17, 15) is 0 Å². The number of anilines is 1. The average Bonchev–Trinajstić information content (AvgIpc) is 2.51. The molecule has 0 unspecified atom stereocenters. The molecule has 0 saturated heterocycles. The van der Waals surface area contributed by atoms with Gasteiger partial charge in [-0.1, -0.05) is 27.7 Å². The fourth-order valence-electron chi connectivity index (χ4n) is 2.57. The lowest BCUT2D eigenvalue weighted by atomic mass is 9.83. The highest BCUT2D eigenvalue weighted by atomic mass is 32.1. The van der Waals surface area contributed by atoms with Gasteiger partial charge >= 0.3 is 0 Å². The number of nitrogens with zero attached hydrogens (tertiary/aromatic N) is 1. The van der Waals surface area contributed by atoms with E-state index in [0.717, 1.165) is 18.1 Å². The maximum atomic E-state index is 6.19. The van der Waals surface area contributed by atoms with Crippen LogP contribution in [-0.2, 0) is 18.4 Å². The van der Waals surface area contributed by atoms with E-state index in [1.54, 1.807) is 16.9 Å². The monoisotopic (exact) mass is 238 g/mol. The second-order valence-electron chi connectivity index (χ2n) is 5.61. The van der Waals surface area contributed by atoms with Crippen LogP contribution < -0.4 is 5.73 Å². The van der Waals surface area contributed by atoms with Gasteiger partial charge < -0.3 is 5.73 Å². The fraction of sp³-hybridized carbons (Fsp3) is 0.692. The van der Waals surface area contributed by atoms with Crippen LogP contribution >= 0.6 is 11.3 Å². The predicted octanol–water partition coefficient (Wildman–Crippen LogP) is 3.01. The van der Waals surface area contributed by atoms with Crippen molar-refractivity contribution in [3.63, 3.8) is 0 Å². The Morgan fingerprint density at radius 1 is 1.38 bits per heavy atom. The summed E-state index contributed by atoms with van der Waals surface area (Å²) in [5.41, 5.74) is 9.32. The van der Waals surface area contributed by atoms with Gasteiger partial charge in [0, 0.05) is 18.0 Å². The van der Waals surface area contributed by atoms with E-state index in [2.05, 4.69) is 32.6 Å². The van der Waals surface area contributed by atoms with Gasteiger partial charge in [0.1, 0.15) is 0 Å². The topological polar surface area (TPSA) is 29.3 Å². The summed E-state index contributed by atoms with van der Waals surface area (Å²) in [6.07, 6.45) is 1.17. The van der Waals surface area contributed by atoms with Crippen LogP contribution in [0.15, 0.2) is 0 Å². The lowest BCUT2D eigenvalue weighted by Crippen LogP contribution is -2.30. The lowest BCUT2D eigenvalue weighted by Gasteiger charge is -2.28. The Hall–Kier alpha value is -0.540. The number of likely N-dealkylation sites (N-methyl/N-ethyl adjacent to an activating group) is 1. The summed E-state index contributed by atoms with van der Waals surface area (Å²) in [6.45, 7) is 12.4. The number of hydrogen-bond acceptors (Lipinski definition) is 3. The van der Waals surface area contributed by atoms with E-state index in [4.69, 9.17) is 5.73 Å². The zero-order valence-corrected chi connectivity index (χ0v) is 11.6. The van der Waals surface area contributed by atoms with E-state index < -0.39 is 0 Å². The molecular formula is C13H22N2S. The highest BCUT2D eigenvalue weighted by Crippen LogP contribution is 2.41. The molecule has 0 saturated carbocycles. The summed E-state index contributed by atoms with van der Waals surface area (Å²) in [6, 6.07) is 0. The molecule has 3 heteroatoms. The zero-order chi connectivity index (χ0) is 11.9. The second-order valence-corrected chi connectivity index (χ2v) is 6.75. The number of rotatable bonds is 1. The third-order valence-electron chi connectivity index (χ3n) is 3.36. The summed E-state index contributed by atoms with van der Waals surface area (Å²) >= 11 is 1.80. The maximum Gasteiger partial charge on any atom is 0.0900 e. The Bertz CT molecular complexity index is 387. The molecule has 90 valence electrons. The normalized spacial score (nSPS) is 17.5. The number of nitrogens with two attached hydrogens (primary N) is 1. The highest BCUT2D eigenvalue weighted by Gasteiger charge is 2.28. The van der Waals surface area contributed by atoms with Gasteiger partial charge in [-0.3, -0.25) is 4.90 Å². The summed E-state index contributed by atoms with van der Waals surface area (Å²) < 4.78 is 0. The number of nitrogen functional groups attached to an aromatic ring is 1. The van der Waals surface area contributed by atoms with E-state index in [1.807, 2.05) is 0 Å². The molecule has 0 amide bonds. The molecule has 0 spiro atoms. The first-order chi connectivity index (χ1) is 7.43. The molecule has 1 aromatic heterocycles. The van der Waals surface area contributed by atoms with Crippen LogP contribution in [0, 0.1) is 0 Å². The molecule has 1 aliphatic rings. The molecule has 0 aliphatic carbocycles. The smallest absolute Gasteiger partial charge is 0.0900 e. The second kappa shape index (κ2) is 4.04. The molecule has 2 nitrogen and oxygen atoms in total. The van der Waals surface area contributed by atoms with Crippen LogP contribution in [0.5, 0.6) is 0 Å². The van der Waals surface area contributed by atoms with Gasteiger partial charge in [0.15, 0.2) is 0 Å². The van der Waals surface area contributed by atoms with Crippen LogP contribution in [0.3, 0.4) is 0 Å². The van der Waals surface area contributed by atoms with Gasteiger partial charge in [0.25, 0.3) is 0 Å². The Kier molecular flexibility index (Phi) is 3.01. The minimum absolute atomic E-state index is 0.183. The van der Waals surface area contributed by atoms with Gasteiger partial charge in [0.05, 0.1) is 5.00 Å². The fourth-order valence-corrected chi connectivity index (χ4v) is 3.94. The molecule has 0 fully saturated rings. The van der Waals surface area contributed by atoms with Crippen molar-refractivity contribution in [3.05, 3.63) is 16.0 Å². The van der Waals surface area contributed by atoms with Crippen LogP contribution in [0.4, 0.5) is 5.00 Å². The Balaban J connectivity index is 2.41. The number of thiophene rings is 1. The van der Waals surface area contributed by atoms with Crippen molar-refractivity contribution in [3.8, 4) is 0 Å². The first-order valence-corrected chi connectivity index (χ1v) is 6.88. The van der Waals surface area contributed by atoms with Gasteiger partial charge in [0.2, 0.25) is 0 Å². The predicted molar refractivity (Wildman–Crippen MR) is 72.1 cm³/mol. The van der Waals surface area contributed by atoms with Crippen LogP contribution in [0.25, 0.3) is 0 Å². The molecular weight excluding hydrogens is 216 g/mol. The average molecular weight is 238 g/mol. The standard InChI is InChI=1S/C13H22N2S/c1-5-15-7-6-9-10(8-15)16-12(14)11(9)13(2,3)4/h5-8,14H2,1-4H3. The van der Waals surface area contributed by atoms with Crippen molar-refractivity contribution < 1.29 is 0 Å². The molecule has 0 bridgehead atoms. The van der Waals surface area contributed by atoms with Crippen molar-refractivity contribution in [2.45, 2.75) is 46.1 Å². The Labute approximate surface area is 102 Å². The van der Waals surface area contributed by atoms with Crippen molar-refractivity contribution in [1.29, 1.82) is 0 Å². The first-order valence-electron chi connectivity index (χ1n) is 6.06. The van der Waals surface area contributed by atoms with Gasteiger partial charge in [-0.15, -0.1) is 11.3 Å². The minimum Gasteiger partial charge on any atom is -0.390 e. The van der Waals surface area contributed by atoms with Crippen LogP contribution in [0.1, 0.15) is 43.7 Å². The summed E-state index contributed by atoms with van der Waals surface area (Å²) in [7, 11) is 0. The largest absolute Gasteiger partial charge is 0.390 e. The Morgan fingerprint density at radius 2 is 2.06 bits per heavy atom. The van der Waals surface area contributed by atoms with E-state index in [0.29, 0.717) is 0 Å². The molecule has 2 N–H and O–H groups in total.